The van der Waals surface area contributed by atoms with Gasteiger partial charge in [0.15, 0.2) is 0 Å². The van der Waals surface area contributed by atoms with Crippen molar-refractivity contribution in [1.82, 2.24) is 10.2 Å². The van der Waals surface area contributed by atoms with Gasteiger partial charge in [-0.1, -0.05) is 91.0 Å². The Hall–Kier alpha value is -5.48. The van der Waals surface area contributed by atoms with Gasteiger partial charge in [-0.2, -0.15) is 0 Å². The summed E-state index contributed by atoms with van der Waals surface area (Å²) in [6.07, 6.45) is -2.26. The van der Waals surface area contributed by atoms with Crippen LogP contribution >= 0.6 is 0 Å². The van der Waals surface area contributed by atoms with Crippen molar-refractivity contribution in [2.75, 3.05) is 19.0 Å². The molecule has 3 N–H and O–H groups in total. The Balaban J connectivity index is 1.35. The van der Waals surface area contributed by atoms with Crippen molar-refractivity contribution < 1.29 is 33.8 Å². The number of rotatable bonds is 10. The van der Waals surface area contributed by atoms with Crippen molar-refractivity contribution in [3.8, 4) is 11.1 Å². The number of fused-ring (bicyclic) bond motifs is 3. The van der Waals surface area contributed by atoms with Crippen LogP contribution in [0.25, 0.3) is 11.1 Å². The quantitative estimate of drug-likeness (QED) is 0.176. The molecule has 49 heavy (non-hydrogen) atoms. The number of aliphatic hydroxyl groups is 1. The molecule has 254 valence electrons. The molecule has 0 aliphatic heterocycles. The summed E-state index contributed by atoms with van der Waals surface area (Å²) in [5.41, 5.74) is 4.08. The maximum absolute atomic E-state index is 14.0. The van der Waals surface area contributed by atoms with Gasteiger partial charge in [-0.05, 0) is 67.6 Å². The largest absolute Gasteiger partial charge is 0.458 e. The first-order valence-corrected chi connectivity index (χ1v) is 16.1. The molecule has 0 unspecified atom stereocenters. The molecule has 10 nitrogen and oxygen atoms in total. The fourth-order valence-corrected chi connectivity index (χ4v) is 5.89. The third kappa shape index (κ3) is 7.98. The summed E-state index contributed by atoms with van der Waals surface area (Å²) in [7, 11) is 1.39. The first kappa shape index (κ1) is 34.8. The molecule has 10 heteroatoms. The number of amides is 3. The summed E-state index contributed by atoms with van der Waals surface area (Å²) < 4.78 is 11.2. The van der Waals surface area contributed by atoms with Gasteiger partial charge in [0.25, 0.3) is 5.91 Å². The number of esters is 1. The average Bonchev–Trinajstić information content (AvgIpc) is 3.40. The number of aliphatic hydroxyl groups excluding tert-OH is 1. The zero-order valence-electron chi connectivity index (χ0n) is 28.2. The smallest absolute Gasteiger partial charge is 0.410 e. The molecule has 0 saturated heterocycles. The number of carbonyl (C=O) groups is 4. The highest BCUT2D eigenvalue weighted by molar-refractivity contribution is 6.06. The van der Waals surface area contributed by atoms with Gasteiger partial charge in [-0.25, -0.2) is 9.59 Å². The van der Waals surface area contributed by atoms with Gasteiger partial charge < -0.3 is 25.2 Å². The van der Waals surface area contributed by atoms with Crippen LogP contribution in [-0.4, -0.2) is 65.2 Å². The van der Waals surface area contributed by atoms with Crippen molar-refractivity contribution >= 4 is 29.6 Å². The van der Waals surface area contributed by atoms with Crippen LogP contribution in [0.5, 0.6) is 0 Å². The predicted molar refractivity (Wildman–Crippen MR) is 186 cm³/mol. The van der Waals surface area contributed by atoms with Gasteiger partial charge in [0.2, 0.25) is 5.91 Å². The zero-order valence-corrected chi connectivity index (χ0v) is 28.2. The Morgan fingerprint density at radius 2 is 1.37 bits per heavy atom. The van der Waals surface area contributed by atoms with E-state index in [1.54, 1.807) is 63.2 Å². The molecular formula is C39H41N3O7. The molecule has 0 saturated carbocycles. The lowest BCUT2D eigenvalue weighted by Crippen LogP contribution is -2.49. The van der Waals surface area contributed by atoms with E-state index in [0.29, 0.717) is 5.56 Å². The van der Waals surface area contributed by atoms with Gasteiger partial charge >= 0.3 is 12.1 Å². The van der Waals surface area contributed by atoms with Gasteiger partial charge in [-0.3, -0.25) is 14.5 Å². The van der Waals surface area contributed by atoms with E-state index in [-0.39, 0.29) is 23.8 Å². The predicted octanol–water partition coefficient (Wildman–Crippen LogP) is 6.07. The number of para-hydroxylation sites is 1. The van der Waals surface area contributed by atoms with Crippen LogP contribution in [0.3, 0.4) is 0 Å². The number of carbonyl (C=O) groups excluding carboxylic acids is 4. The molecule has 4 aromatic rings. The van der Waals surface area contributed by atoms with Crippen molar-refractivity contribution in [2.45, 2.75) is 57.4 Å². The van der Waals surface area contributed by atoms with Crippen LogP contribution in [-0.2, 0) is 19.1 Å². The number of likely N-dealkylation sites (N-methyl/N-ethyl adjacent to an activating group) is 1. The minimum absolute atomic E-state index is 0.0197. The lowest BCUT2D eigenvalue weighted by molar-refractivity contribution is -0.156. The van der Waals surface area contributed by atoms with Crippen LogP contribution < -0.4 is 10.6 Å². The van der Waals surface area contributed by atoms with Crippen molar-refractivity contribution in [3.05, 3.63) is 125 Å². The minimum atomic E-state index is -1.45. The maximum Gasteiger partial charge on any atom is 0.410 e. The van der Waals surface area contributed by atoms with Gasteiger partial charge in [0.1, 0.15) is 30.4 Å². The SMILES string of the molecule is C[C@H](NC(=O)c1ccccc1NC(=O)[C@H]([C@@H](O)c1ccccc1)N(C)C(=O)OCC1c2ccccc2-c2ccccc21)C(=O)OC(C)(C)C. The second-order valence-corrected chi connectivity index (χ2v) is 13.0. The fraction of sp³-hybridized carbons (Fsp3) is 0.282. The Kier molecular flexibility index (Phi) is 10.5. The summed E-state index contributed by atoms with van der Waals surface area (Å²) in [5, 5.41) is 16.8. The number of benzene rings is 4. The van der Waals surface area contributed by atoms with Crippen LogP contribution in [0.15, 0.2) is 103 Å². The summed E-state index contributed by atoms with van der Waals surface area (Å²) in [6, 6.07) is 28.2. The molecule has 3 atom stereocenters. The van der Waals surface area contributed by atoms with Crippen LogP contribution in [0.2, 0.25) is 0 Å². The highest BCUT2D eigenvalue weighted by Gasteiger charge is 2.37. The molecule has 4 aromatic carbocycles. The van der Waals surface area contributed by atoms with Gasteiger partial charge in [-0.15, -0.1) is 0 Å². The highest BCUT2D eigenvalue weighted by atomic mass is 16.6. The van der Waals surface area contributed by atoms with Gasteiger partial charge in [0, 0.05) is 13.0 Å². The Morgan fingerprint density at radius 1 is 0.816 bits per heavy atom. The number of hydrogen-bond acceptors (Lipinski definition) is 7. The molecule has 3 amide bonds. The van der Waals surface area contributed by atoms with E-state index in [9.17, 15) is 24.3 Å². The van der Waals surface area contributed by atoms with Gasteiger partial charge in [0.05, 0.1) is 11.3 Å². The first-order chi connectivity index (χ1) is 23.4. The van der Waals surface area contributed by atoms with Crippen molar-refractivity contribution in [2.24, 2.45) is 0 Å². The third-order valence-corrected chi connectivity index (χ3v) is 8.29. The number of hydrogen-bond donors (Lipinski definition) is 3. The summed E-state index contributed by atoms with van der Waals surface area (Å²) >= 11 is 0. The topological polar surface area (TPSA) is 134 Å². The number of nitrogens with zero attached hydrogens (tertiary/aromatic N) is 1. The molecule has 0 heterocycles. The number of nitrogens with one attached hydrogen (secondary N) is 2. The molecule has 0 spiro atoms. The van der Waals surface area contributed by atoms with Crippen LogP contribution in [0.4, 0.5) is 10.5 Å². The van der Waals surface area contributed by atoms with E-state index in [2.05, 4.69) is 10.6 Å². The molecule has 0 fully saturated rings. The normalized spacial score (nSPS) is 14.0. The van der Waals surface area contributed by atoms with E-state index in [0.717, 1.165) is 27.2 Å². The Labute approximate surface area is 286 Å². The number of anilines is 1. The summed E-state index contributed by atoms with van der Waals surface area (Å²) in [4.78, 5) is 54.5. The van der Waals surface area contributed by atoms with E-state index in [1.807, 2.05) is 48.5 Å². The fourth-order valence-electron chi connectivity index (χ4n) is 5.89. The van der Waals surface area contributed by atoms with Crippen molar-refractivity contribution in [1.29, 1.82) is 0 Å². The lowest BCUT2D eigenvalue weighted by atomic mass is 9.98. The van der Waals surface area contributed by atoms with Crippen LogP contribution in [0, 0.1) is 0 Å². The number of ether oxygens (including phenoxy) is 2. The molecule has 1 aliphatic rings. The Morgan fingerprint density at radius 3 is 1.98 bits per heavy atom. The molecule has 0 bridgehead atoms. The van der Waals surface area contributed by atoms with E-state index in [4.69, 9.17) is 9.47 Å². The first-order valence-electron chi connectivity index (χ1n) is 16.1. The standard InChI is InChI=1S/C39H41N3O7/c1-24(37(46)49-39(2,3)4)40-35(44)30-21-13-14-22-32(30)41-36(45)33(34(43)25-15-7-6-8-16-25)42(5)38(47)48-23-31-28-19-11-9-17-26(28)27-18-10-12-20-29(27)31/h6-22,24,31,33-34,43H,23H2,1-5H3,(H,40,44)(H,41,45)/t24-,33-,34-/m0/s1. The lowest BCUT2D eigenvalue weighted by Gasteiger charge is -2.31. The third-order valence-electron chi connectivity index (χ3n) is 8.29. The summed E-state index contributed by atoms with van der Waals surface area (Å²) in [6.45, 7) is 6.70. The minimum Gasteiger partial charge on any atom is -0.458 e. The van der Waals surface area contributed by atoms with E-state index < -0.39 is 47.7 Å². The molecule has 5 rings (SSSR count). The van der Waals surface area contributed by atoms with E-state index in [1.165, 1.54) is 26.1 Å². The molecule has 1 aliphatic carbocycles. The molecule has 0 aromatic heterocycles. The van der Waals surface area contributed by atoms with Crippen LogP contribution in [0.1, 0.15) is 66.8 Å². The monoisotopic (exact) mass is 663 g/mol. The molecular weight excluding hydrogens is 622 g/mol. The maximum atomic E-state index is 14.0. The van der Waals surface area contributed by atoms with Crippen molar-refractivity contribution in [3.63, 3.8) is 0 Å². The Bertz CT molecular complexity index is 1790. The summed E-state index contributed by atoms with van der Waals surface area (Å²) in [5.74, 6) is -2.20. The second kappa shape index (κ2) is 14.7. The second-order valence-electron chi connectivity index (χ2n) is 13.0. The highest BCUT2D eigenvalue weighted by Crippen LogP contribution is 2.44. The molecule has 0 radical (unpaired) electrons. The zero-order chi connectivity index (χ0) is 35.3. The average molecular weight is 664 g/mol. The van der Waals surface area contributed by atoms with E-state index >= 15 is 0 Å².